The molecule has 0 atom stereocenters. The molecule has 0 amide bonds. The first-order valence-corrected chi connectivity index (χ1v) is 8.00. The molecule has 0 spiro atoms. The van der Waals surface area contributed by atoms with Gasteiger partial charge in [-0.2, -0.15) is 13.2 Å². The summed E-state index contributed by atoms with van der Waals surface area (Å²) in [4.78, 5) is -0.404. The standard InChI is InChI=1S/C12H15F3N2O2S2/c1-7(2)6-21(18,19)17-8-3-4-9(11(16)20)10(5-8)12(13,14)15/h3-5,7,17H,6H2,1-2H3,(H2,16,20). The predicted octanol–water partition coefficient (Wildman–Crippen LogP) is 2.74. The normalized spacial score (nSPS) is 12.5. The summed E-state index contributed by atoms with van der Waals surface area (Å²) in [6.45, 7) is 3.38. The third-order valence-electron chi connectivity index (χ3n) is 2.42. The molecule has 3 N–H and O–H groups in total. The van der Waals surface area contributed by atoms with E-state index >= 15 is 0 Å². The van der Waals surface area contributed by atoms with Crippen molar-refractivity contribution < 1.29 is 21.6 Å². The zero-order valence-electron chi connectivity index (χ0n) is 11.4. The minimum Gasteiger partial charge on any atom is -0.389 e. The highest BCUT2D eigenvalue weighted by atomic mass is 32.2. The van der Waals surface area contributed by atoms with Crippen LogP contribution in [0.25, 0.3) is 0 Å². The van der Waals surface area contributed by atoms with Crippen LogP contribution in [0, 0.1) is 5.92 Å². The zero-order chi connectivity index (χ0) is 16.4. The van der Waals surface area contributed by atoms with E-state index in [1.807, 2.05) is 0 Å². The van der Waals surface area contributed by atoms with E-state index in [1.165, 1.54) is 6.07 Å². The highest BCUT2D eigenvalue weighted by Crippen LogP contribution is 2.34. The molecular formula is C12H15F3N2O2S2. The Labute approximate surface area is 126 Å². The summed E-state index contributed by atoms with van der Waals surface area (Å²) in [5.41, 5.74) is 3.66. The van der Waals surface area contributed by atoms with E-state index in [-0.39, 0.29) is 22.9 Å². The number of hydrogen-bond acceptors (Lipinski definition) is 3. The Morgan fingerprint density at radius 1 is 1.38 bits per heavy atom. The second kappa shape index (κ2) is 6.18. The molecular weight excluding hydrogens is 325 g/mol. The lowest BCUT2D eigenvalue weighted by molar-refractivity contribution is -0.137. The molecule has 0 aromatic heterocycles. The molecule has 0 aliphatic carbocycles. The van der Waals surface area contributed by atoms with Crippen molar-refractivity contribution in [3.8, 4) is 0 Å². The first kappa shape index (κ1) is 17.7. The van der Waals surface area contributed by atoms with E-state index in [2.05, 4.69) is 16.9 Å². The molecule has 1 rings (SSSR count). The minimum atomic E-state index is -4.68. The molecule has 0 heterocycles. The third-order valence-corrected chi connectivity index (χ3v) is 4.29. The van der Waals surface area contributed by atoms with Gasteiger partial charge in [0.05, 0.1) is 11.3 Å². The summed E-state index contributed by atoms with van der Waals surface area (Å²) in [5, 5.41) is 0. The highest BCUT2D eigenvalue weighted by molar-refractivity contribution is 7.92. The largest absolute Gasteiger partial charge is 0.417 e. The van der Waals surface area contributed by atoms with Gasteiger partial charge in [0.25, 0.3) is 0 Å². The van der Waals surface area contributed by atoms with Crippen LogP contribution < -0.4 is 10.5 Å². The average molecular weight is 340 g/mol. The van der Waals surface area contributed by atoms with Gasteiger partial charge in [0.1, 0.15) is 4.99 Å². The molecule has 9 heteroatoms. The van der Waals surface area contributed by atoms with Crippen LogP contribution in [-0.4, -0.2) is 19.2 Å². The quantitative estimate of drug-likeness (QED) is 0.809. The van der Waals surface area contributed by atoms with Crippen molar-refractivity contribution >= 4 is 32.9 Å². The molecule has 0 unspecified atom stereocenters. The Kier molecular flexibility index (Phi) is 5.21. The molecule has 0 bridgehead atoms. The van der Waals surface area contributed by atoms with Gasteiger partial charge in [-0.05, 0) is 24.1 Å². The maximum Gasteiger partial charge on any atom is 0.417 e. The molecule has 0 saturated carbocycles. The third kappa shape index (κ3) is 5.16. The number of halogens is 3. The number of nitrogens with two attached hydrogens (primary N) is 1. The summed E-state index contributed by atoms with van der Waals surface area (Å²) >= 11 is 4.57. The Morgan fingerprint density at radius 2 is 1.95 bits per heavy atom. The Bertz CT molecular complexity index is 640. The second-order valence-corrected chi connectivity index (χ2v) is 7.11. The van der Waals surface area contributed by atoms with E-state index in [1.54, 1.807) is 13.8 Å². The summed E-state index contributed by atoms with van der Waals surface area (Å²) in [6.07, 6.45) is -4.68. The van der Waals surface area contributed by atoms with Gasteiger partial charge >= 0.3 is 6.18 Å². The SMILES string of the molecule is CC(C)CS(=O)(=O)Nc1ccc(C(N)=S)c(C(F)(F)F)c1. The van der Waals surface area contributed by atoms with Crippen LogP contribution in [-0.2, 0) is 16.2 Å². The van der Waals surface area contributed by atoms with Crippen molar-refractivity contribution in [2.75, 3.05) is 10.5 Å². The smallest absolute Gasteiger partial charge is 0.389 e. The van der Waals surface area contributed by atoms with E-state index < -0.39 is 26.8 Å². The van der Waals surface area contributed by atoms with Crippen molar-refractivity contribution in [1.29, 1.82) is 0 Å². The van der Waals surface area contributed by atoms with Gasteiger partial charge < -0.3 is 5.73 Å². The number of anilines is 1. The van der Waals surface area contributed by atoms with E-state index in [9.17, 15) is 21.6 Å². The lowest BCUT2D eigenvalue weighted by Crippen LogP contribution is -2.22. The van der Waals surface area contributed by atoms with Gasteiger partial charge in [-0.15, -0.1) is 0 Å². The van der Waals surface area contributed by atoms with E-state index in [0.717, 1.165) is 6.07 Å². The molecule has 1 aromatic carbocycles. The molecule has 0 radical (unpaired) electrons. The predicted molar refractivity (Wildman–Crippen MR) is 79.6 cm³/mol. The van der Waals surface area contributed by atoms with Crippen molar-refractivity contribution in [3.63, 3.8) is 0 Å². The molecule has 4 nitrogen and oxygen atoms in total. The molecule has 0 fully saturated rings. The summed E-state index contributed by atoms with van der Waals surface area (Å²) in [5.74, 6) is -0.341. The lowest BCUT2D eigenvalue weighted by atomic mass is 10.1. The van der Waals surface area contributed by atoms with Gasteiger partial charge in [0.2, 0.25) is 10.0 Å². The number of nitrogens with one attached hydrogen (secondary N) is 1. The Balaban J connectivity index is 3.21. The number of hydrogen-bond donors (Lipinski definition) is 2. The Hall–Kier alpha value is -1.35. The van der Waals surface area contributed by atoms with Crippen LogP contribution in [0.15, 0.2) is 18.2 Å². The Morgan fingerprint density at radius 3 is 2.38 bits per heavy atom. The minimum absolute atomic E-state index is 0.152. The molecule has 0 saturated heterocycles. The lowest BCUT2D eigenvalue weighted by Gasteiger charge is -2.15. The molecule has 21 heavy (non-hydrogen) atoms. The number of thiocarbonyl (C=S) groups is 1. The van der Waals surface area contributed by atoms with Crippen LogP contribution in [0.4, 0.5) is 18.9 Å². The molecule has 0 aliphatic rings. The number of benzene rings is 1. The maximum atomic E-state index is 12.9. The van der Waals surface area contributed by atoms with Gasteiger partial charge in [0, 0.05) is 11.3 Å². The highest BCUT2D eigenvalue weighted by Gasteiger charge is 2.34. The fourth-order valence-electron chi connectivity index (χ4n) is 1.72. The van der Waals surface area contributed by atoms with Gasteiger partial charge in [-0.3, -0.25) is 4.72 Å². The molecule has 0 aliphatic heterocycles. The van der Waals surface area contributed by atoms with Crippen LogP contribution in [0.3, 0.4) is 0 Å². The van der Waals surface area contributed by atoms with Gasteiger partial charge in [-0.1, -0.05) is 26.1 Å². The average Bonchev–Trinajstić information content (AvgIpc) is 2.24. The first-order chi connectivity index (χ1) is 9.42. The topological polar surface area (TPSA) is 72.2 Å². The van der Waals surface area contributed by atoms with E-state index in [4.69, 9.17) is 5.73 Å². The summed E-state index contributed by atoms with van der Waals surface area (Å²) in [6, 6.07) is 2.94. The van der Waals surface area contributed by atoms with Crippen LogP contribution >= 0.6 is 12.2 Å². The monoisotopic (exact) mass is 340 g/mol. The van der Waals surface area contributed by atoms with Gasteiger partial charge in [-0.25, -0.2) is 8.42 Å². The van der Waals surface area contributed by atoms with Gasteiger partial charge in [0.15, 0.2) is 0 Å². The van der Waals surface area contributed by atoms with Crippen LogP contribution in [0.2, 0.25) is 0 Å². The second-order valence-electron chi connectivity index (χ2n) is 4.90. The molecule has 118 valence electrons. The van der Waals surface area contributed by atoms with E-state index in [0.29, 0.717) is 6.07 Å². The first-order valence-electron chi connectivity index (χ1n) is 5.94. The maximum absolute atomic E-state index is 12.9. The molecule has 1 aromatic rings. The summed E-state index contributed by atoms with van der Waals surface area (Å²) < 4.78 is 64.4. The fraction of sp³-hybridized carbons (Fsp3) is 0.417. The zero-order valence-corrected chi connectivity index (χ0v) is 13.0. The van der Waals surface area contributed by atoms with Crippen molar-refractivity contribution in [3.05, 3.63) is 29.3 Å². The fourth-order valence-corrected chi connectivity index (χ4v) is 3.34. The van der Waals surface area contributed by atoms with Crippen molar-refractivity contribution in [2.24, 2.45) is 11.7 Å². The number of alkyl halides is 3. The van der Waals surface area contributed by atoms with Crippen LogP contribution in [0.5, 0.6) is 0 Å². The van der Waals surface area contributed by atoms with Crippen molar-refractivity contribution in [1.82, 2.24) is 0 Å². The van der Waals surface area contributed by atoms with Crippen LogP contribution in [0.1, 0.15) is 25.0 Å². The number of rotatable bonds is 5. The van der Waals surface area contributed by atoms with Crippen molar-refractivity contribution in [2.45, 2.75) is 20.0 Å². The summed E-state index contributed by atoms with van der Waals surface area (Å²) in [7, 11) is -3.71. The number of sulfonamides is 1.